The molecule has 0 spiro atoms. The van der Waals surface area contributed by atoms with Crippen LogP contribution in [0.4, 0.5) is 21.9 Å². The number of anilines is 3. The van der Waals surface area contributed by atoms with Crippen LogP contribution in [0.25, 0.3) is 0 Å². The van der Waals surface area contributed by atoms with Crippen LogP contribution in [0.5, 0.6) is 11.5 Å². The highest BCUT2D eigenvalue weighted by Gasteiger charge is 2.39. The van der Waals surface area contributed by atoms with E-state index in [1.807, 2.05) is 48.5 Å². The molecule has 0 radical (unpaired) electrons. The number of phenolic OH excluding ortho intramolecular Hbond substituents is 1. The number of benzene rings is 5. The summed E-state index contributed by atoms with van der Waals surface area (Å²) in [6.45, 7) is 11.2. The molecule has 0 saturated heterocycles. The number of hydrogen-bond donors (Lipinski definition) is 4. The third-order valence-corrected chi connectivity index (χ3v) is 16.2. The maximum Gasteiger partial charge on any atom is 0.323 e. The van der Waals surface area contributed by atoms with Gasteiger partial charge in [0.1, 0.15) is 11.5 Å². The van der Waals surface area contributed by atoms with Crippen molar-refractivity contribution in [1.29, 1.82) is 0 Å². The Morgan fingerprint density at radius 2 is 1.22 bits per heavy atom. The van der Waals surface area contributed by atoms with Crippen LogP contribution in [0, 0.1) is 11.8 Å². The molecule has 5 aromatic rings. The van der Waals surface area contributed by atoms with Crippen LogP contribution in [-0.2, 0) is 25.7 Å². The molecule has 2 unspecified atom stereocenters. The first kappa shape index (κ1) is 42.5. The van der Waals surface area contributed by atoms with Crippen molar-refractivity contribution in [3.05, 3.63) is 147 Å². The number of ketones is 2. The molecule has 0 aromatic heterocycles. The van der Waals surface area contributed by atoms with E-state index in [2.05, 4.69) is 50.6 Å². The van der Waals surface area contributed by atoms with E-state index < -0.39 is 14.3 Å². The van der Waals surface area contributed by atoms with Gasteiger partial charge in [-0.2, -0.15) is 0 Å². The van der Waals surface area contributed by atoms with Crippen molar-refractivity contribution < 1.29 is 23.9 Å². The van der Waals surface area contributed by atoms with Crippen LogP contribution in [-0.4, -0.2) is 31.0 Å². The second-order valence-corrected chi connectivity index (χ2v) is 22.4. The normalized spacial score (nSPS) is 16.3. The third-order valence-electron chi connectivity index (χ3n) is 11.4. The lowest BCUT2D eigenvalue weighted by atomic mass is 9.79. The van der Waals surface area contributed by atoms with Crippen molar-refractivity contribution in [3.63, 3.8) is 0 Å². The first-order valence-corrected chi connectivity index (χ1v) is 23.3. The zero-order valence-electron chi connectivity index (χ0n) is 33.6. The number of Topliss-reactive ketones (excluding diaryl/α,β-unsaturated/α-hetero) is 2. The molecular formula is C47H51Cl2N3O5Si. The maximum absolute atomic E-state index is 13.0. The molecule has 5 N–H and O–H groups in total. The number of phenols is 1. The molecule has 0 bridgehead atoms. The van der Waals surface area contributed by atoms with Crippen LogP contribution in [0.15, 0.2) is 103 Å². The molecule has 0 aliphatic heterocycles. The fourth-order valence-electron chi connectivity index (χ4n) is 7.17. The van der Waals surface area contributed by atoms with Gasteiger partial charge in [0.2, 0.25) is 8.32 Å². The molecule has 2 aliphatic carbocycles. The number of nitrogens with two attached hydrogens (primary N) is 1. The Morgan fingerprint density at radius 1 is 0.724 bits per heavy atom. The smallest absolute Gasteiger partial charge is 0.323 e. The quantitative estimate of drug-likeness (QED) is 0.0909. The molecule has 0 heterocycles. The van der Waals surface area contributed by atoms with Gasteiger partial charge in [-0.1, -0.05) is 68.2 Å². The van der Waals surface area contributed by atoms with Gasteiger partial charge in [-0.05, 0) is 158 Å². The number of amides is 2. The minimum atomic E-state index is -1.87. The van der Waals surface area contributed by atoms with E-state index >= 15 is 0 Å². The van der Waals surface area contributed by atoms with Crippen molar-refractivity contribution in [2.45, 2.75) is 77.4 Å². The van der Waals surface area contributed by atoms with E-state index in [0.717, 1.165) is 65.8 Å². The number of carbonyl (C=O) groups is 3. The Hall–Kier alpha value is -5.09. The van der Waals surface area contributed by atoms with Gasteiger partial charge in [0.25, 0.3) is 0 Å². The van der Waals surface area contributed by atoms with Gasteiger partial charge >= 0.3 is 6.03 Å². The van der Waals surface area contributed by atoms with Crippen LogP contribution in [0.2, 0.25) is 28.2 Å². The third kappa shape index (κ3) is 10.7. The van der Waals surface area contributed by atoms with Gasteiger partial charge in [0.15, 0.2) is 11.6 Å². The molecule has 2 aliphatic rings. The molecule has 11 heteroatoms. The number of fused-ring (bicyclic) bond motifs is 2. The SMILES string of the molecule is CC(C)(C)[Si](C)(C)Oc1ccc2c(c1)CCC(Cc1ccc(N)cc1)C2=O.O=C(Nc1ccc(CC2CCc3cc(O)ccc3C2=O)cc1)Nc1cc(Cl)cc(Cl)c1. The van der Waals surface area contributed by atoms with E-state index in [-0.39, 0.29) is 34.2 Å². The highest BCUT2D eigenvalue weighted by atomic mass is 35.5. The Morgan fingerprint density at radius 3 is 1.78 bits per heavy atom. The maximum atomic E-state index is 13.0. The fourth-order valence-corrected chi connectivity index (χ4v) is 8.72. The molecule has 302 valence electrons. The van der Waals surface area contributed by atoms with Crippen LogP contribution >= 0.6 is 23.2 Å². The molecular weight excluding hydrogens is 786 g/mol. The summed E-state index contributed by atoms with van der Waals surface area (Å²) in [7, 11) is -1.87. The Labute approximate surface area is 352 Å². The summed E-state index contributed by atoms with van der Waals surface area (Å²) in [5.74, 6) is 1.43. The summed E-state index contributed by atoms with van der Waals surface area (Å²) >= 11 is 11.9. The molecule has 7 rings (SSSR count). The summed E-state index contributed by atoms with van der Waals surface area (Å²) < 4.78 is 6.42. The fraction of sp³-hybridized carbons (Fsp3) is 0.298. The lowest BCUT2D eigenvalue weighted by molar-refractivity contribution is 0.0894. The highest BCUT2D eigenvalue weighted by Crippen LogP contribution is 2.39. The number of hydrogen-bond acceptors (Lipinski definition) is 6. The number of nitrogens with one attached hydrogen (secondary N) is 2. The van der Waals surface area contributed by atoms with Crippen molar-refractivity contribution in [3.8, 4) is 11.5 Å². The van der Waals surface area contributed by atoms with E-state index in [9.17, 15) is 19.5 Å². The Kier molecular flexibility index (Phi) is 13.1. The first-order valence-electron chi connectivity index (χ1n) is 19.6. The van der Waals surface area contributed by atoms with Gasteiger partial charge in [-0.3, -0.25) is 9.59 Å². The number of rotatable bonds is 8. The Bertz CT molecular complexity index is 2290. The average molecular weight is 837 g/mol. The number of aromatic hydroxyl groups is 1. The predicted molar refractivity (Wildman–Crippen MR) is 238 cm³/mol. The second kappa shape index (κ2) is 17.8. The molecule has 58 heavy (non-hydrogen) atoms. The largest absolute Gasteiger partial charge is 0.543 e. The summed E-state index contributed by atoms with van der Waals surface area (Å²) in [6.07, 6.45) is 4.75. The summed E-state index contributed by atoms with van der Waals surface area (Å²) in [4.78, 5) is 38.0. The molecule has 0 fully saturated rings. The van der Waals surface area contributed by atoms with Crippen molar-refractivity contribution >= 4 is 66.2 Å². The van der Waals surface area contributed by atoms with Gasteiger partial charge in [-0.25, -0.2) is 4.79 Å². The van der Waals surface area contributed by atoms with Crippen molar-refractivity contribution in [2.75, 3.05) is 16.4 Å². The minimum Gasteiger partial charge on any atom is -0.543 e. The predicted octanol–water partition coefficient (Wildman–Crippen LogP) is 12.0. The van der Waals surface area contributed by atoms with E-state index in [4.69, 9.17) is 33.4 Å². The number of urea groups is 1. The lowest BCUT2D eigenvalue weighted by Crippen LogP contribution is -2.43. The van der Waals surface area contributed by atoms with Crippen molar-refractivity contribution in [1.82, 2.24) is 0 Å². The summed E-state index contributed by atoms with van der Waals surface area (Å²) in [6, 6.07) is 30.6. The number of halogens is 2. The van der Waals surface area contributed by atoms with E-state index in [1.165, 1.54) is 5.56 Å². The monoisotopic (exact) mass is 835 g/mol. The molecule has 0 saturated carbocycles. The van der Waals surface area contributed by atoms with Gasteiger partial charge < -0.3 is 25.9 Å². The molecule has 5 aromatic carbocycles. The average Bonchev–Trinajstić information content (AvgIpc) is 3.15. The summed E-state index contributed by atoms with van der Waals surface area (Å²) in [5, 5.41) is 16.1. The van der Waals surface area contributed by atoms with Gasteiger partial charge in [0.05, 0.1) is 0 Å². The second-order valence-electron chi connectivity index (χ2n) is 16.8. The number of nitrogen functional groups attached to an aromatic ring is 1. The number of carbonyl (C=O) groups excluding carboxylic acids is 3. The lowest BCUT2D eigenvalue weighted by Gasteiger charge is -2.36. The topological polar surface area (TPSA) is 131 Å². The molecule has 2 amide bonds. The van der Waals surface area contributed by atoms with E-state index in [1.54, 1.807) is 48.5 Å². The van der Waals surface area contributed by atoms with E-state index in [0.29, 0.717) is 33.4 Å². The van der Waals surface area contributed by atoms with Crippen molar-refractivity contribution in [2.24, 2.45) is 11.8 Å². The first-order chi connectivity index (χ1) is 27.4. The number of aryl methyl sites for hydroxylation is 2. The van der Waals surface area contributed by atoms with Gasteiger partial charge in [0, 0.05) is 50.1 Å². The van der Waals surface area contributed by atoms with Crippen LogP contribution in [0.3, 0.4) is 0 Å². The summed E-state index contributed by atoms with van der Waals surface area (Å²) in [5.41, 5.74) is 13.4. The van der Waals surface area contributed by atoms with Gasteiger partial charge in [-0.15, -0.1) is 0 Å². The molecule has 2 atom stereocenters. The Balaban J connectivity index is 0.000000198. The molecule has 8 nitrogen and oxygen atoms in total. The zero-order chi connectivity index (χ0) is 41.8. The minimum absolute atomic E-state index is 0.0493. The van der Waals surface area contributed by atoms with Crippen LogP contribution < -0.4 is 20.8 Å². The van der Waals surface area contributed by atoms with Crippen LogP contribution in [0.1, 0.15) is 76.6 Å². The highest BCUT2D eigenvalue weighted by molar-refractivity contribution is 6.74. The standard InChI is InChI=1S/C24H20Cl2N2O3.C23H31NO2Si/c25-17-11-18(26)13-20(12-17)28-24(31)27-19-5-1-14(2-6-19)9-16-4-3-15-10-21(29)7-8-22(15)23(16)30;1-23(2,3)27(4,5)26-20-12-13-21-17(15-20)8-9-18(22(21)25)14-16-6-10-19(24)11-7-16/h1-2,5-8,10-13,16,29H,3-4,9H2,(H2,27,28,31);6-7,10-13,15,18H,8-9,14,24H2,1-5H3. The zero-order valence-corrected chi connectivity index (χ0v) is 36.1.